The monoisotopic (exact) mass is 306 g/mol. The minimum atomic E-state index is -1.68. The third-order valence-electron chi connectivity index (χ3n) is 2.16. The van der Waals surface area contributed by atoms with Gasteiger partial charge in [-0.15, -0.1) is 0 Å². The smallest absolute Gasteiger partial charge is 0.351 e. The van der Waals surface area contributed by atoms with Crippen LogP contribution in [-0.2, 0) is 38.1 Å². The van der Waals surface area contributed by atoms with E-state index in [9.17, 15) is 24.3 Å². The predicted octanol–water partition coefficient (Wildman–Crippen LogP) is -1.05. The second-order valence-corrected chi connectivity index (χ2v) is 4.00. The second-order valence-electron chi connectivity index (χ2n) is 4.00. The molecule has 0 aliphatic carbocycles. The van der Waals surface area contributed by atoms with Crippen molar-refractivity contribution in [3.05, 3.63) is 0 Å². The molecule has 0 fully saturated rings. The molecule has 9 nitrogen and oxygen atoms in total. The predicted molar refractivity (Wildman–Crippen MR) is 65.8 cm³/mol. The highest BCUT2D eigenvalue weighted by atomic mass is 16.6. The van der Waals surface area contributed by atoms with Gasteiger partial charge in [0.2, 0.25) is 6.10 Å². The number of methoxy groups -OCH3 is 1. The molecule has 9 heteroatoms. The molecule has 0 aromatic heterocycles. The maximum atomic E-state index is 11.6. The van der Waals surface area contributed by atoms with E-state index in [1.54, 1.807) is 0 Å². The Morgan fingerprint density at radius 2 is 1.48 bits per heavy atom. The highest BCUT2D eigenvalue weighted by Crippen LogP contribution is 2.13. The fourth-order valence-corrected chi connectivity index (χ4v) is 1.38. The summed E-state index contributed by atoms with van der Waals surface area (Å²) < 4.78 is 18.5. The van der Waals surface area contributed by atoms with Gasteiger partial charge in [0.1, 0.15) is 12.7 Å². The third kappa shape index (κ3) is 7.25. The van der Waals surface area contributed by atoms with Crippen molar-refractivity contribution in [3.63, 3.8) is 0 Å². The van der Waals surface area contributed by atoms with Crippen LogP contribution in [0.25, 0.3) is 0 Å². The first kappa shape index (κ1) is 18.8. The van der Waals surface area contributed by atoms with E-state index < -0.39 is 48.8 Å². The van der Waals surface area contributed by atoms with Crippen molar-refractivity contribution in [2.75, 3.05) is 13.7 Å². The van der Waals surface area contributed by atoms with E-state index in [1.165, 1.54) is 0 Å². The van der Waals surface area contributed by atoms with Gasteiger partial charge >= 0.3 is 23.9 Å². The minimum absolute atomic E-state index is 0.554. The molecule has 0 spiro atoms. The van der Waals surface area contributed by atoms with E-state index in [1.807, 2.05) is 0 Å². The molecule has 0 unspecified atom stereocenters. The molecule has 0 aromatic carbocycles. The van der Waals surface area contributed by atoms with E-state index in [4.69, 9.17) is 9.47 Å². The number of esters is 4. The summed E-state index contributed by atoms with van der Waals surface area (Å²) in [6, 6.07) is 0. The molecule has 0 aliphatic rings. The molecule has 0 saturated carbocycles. The summed E-state index contributed by atoms with van der Waals surface area (Å²) >= 11 is 0. The Hall–Kier alpha value is -2.16. The lowest BCUT2D eigenvalue weighted by Crippen LogP contribution is -2.49. The number of hydrogen-bond acceptors (Lipinski definition) is 9. The number of carbonyl (C=O) groups is 4. The fraction of sp³-hybridized carbons (Fsp3) is 0.667. The molecular formula is C12H18O9. The standard InChI is InChI=1S/C12H18O9/c1-6(13)19-5-9(16)10(20-7(2)14)11(12(17)18-4)21-8(3)15/h9-11,16H,5H2,1-4H3/t9-,10+,11+/m0/s1. The lowest BCUT2D eigenvalue weighted by atomic mass is 10.1. The van der Waals surface area contributed by atoms with Crippen LogP contribution >= 0.6 is 0 Å². The van der Waals surface area contributed by atoms with Gasteiger partial charge < -0.3 is 24.1 Å². The molecule has 3 atom stereocenters. The number of hydrogen-bond donors (Lipinski definition) is 1. The van der Waals surface area contributed by atoms with E-state index >= 15 is 0 Å². The maximum Gasteiger partial charge on any atom is 0.351 e. The topological polar surface area (TPSA) is 125 Å². The molecule has 0 rings (SSSR count). The lowest BCUT2D eigenvalue weighted by Gasteiger charge is -2.27. The maximum absolute atomic E-state index is 11.6. The summed E-state index contributed by atoms with van der Waals surface area (Å²) in [6.07, 6.45) is -4.83. The Morgan fingerprint density at radius 3 is 1.86 bits per heavy atom. The summed E-state index contributed by atoms with van der Waals surface area (Å²) in [5.41, 5.74) is 0. The van der Waals surface area contributed by atoms with Crippen LogP contribution in [0.1, 0.15) is 20.8 Å². The van der Waals surface area contributed by atoms with Gasteiger partial charge in [0.15, 0.2) is 6.10 Å². The van der Waals surface area contributed by atoms with Crippen LogP contribution in [0.3, 0.4) is 0 Å². The van der Waals surface area contributed by atoms with Gasteiger partial charge in [-0.05, 0) is 0 Å². The second kappa shape index (κ2) is 8.90. The van der Waals surface area contributed by atoms with Gasteiger partial charge in [0, 0.05) is 20.8 Å². The Balaban J connectivity index is 5.19. The Morgan fingerprint density at radius 1 is 0.952 bits per heavy atom. The van der Waals surface area contributed by atoms with E-state index in [0.29, 0.717) is 0 Å². The molecule has 0 radical (unpaired) electrons. The van der Waals surface area contributed by atoms with Gasteiger partial charge in [-0.25, -0.2) is 4.79 Å². The molecule has 120 valence electrons. The average Bonchev–Trinajstić information content (AvgIpc) is 2.38. The van der Waals surface area contributed by atoms with Gasteiger partial charge in [0.05, 0.1) is 7.11 Å². The summed E-state index contributed by atoms with van der Waals surface area (Å²) in [7, 11) is 1.03. The SMILES string of the molecule is COC(=O)[C@H](OC(C)=O)[C@H](OC(C)=O)[C@@H](O)COC(C)=O. The van der Waals surface area contributed by atoms with Crippen molar-refractivity contribution in [1.82, 2.24) is 0 Å². The van der Waals surface area contributed by atoms with Crippen LogP contribution in [0.15, 0.2) is 0 Å². The Bertz CT molecular complexity index is 404. The summed E-state index contributed by atoms with van der Waals surface area (Å²) in [5, 5.41) is 9.88. The minimum Gasteiger partial charge on any atom is -0.466 e. The first-order chi connectivity index (χ1) is 9.68. The van der Waals surface area contributed by atoms with Crippen molar-refractivity contribution in [1.29, 1.82) is 0 Å². The van der Waals surface area contributed by atoms with Crippen LogP contribution < -0.4 is 0 Å². The van der Waals surface area contributed by atoms with Crippen molar-refractivity contribution in [2.45, 2.75) is 39.1 Å². The fourth-order valence-electron chi connectivity index (χ4n) is 1.38. The number of carbonyl (C=O) groups excluding carboxylic acids is 4. The number of ether oxygens (including phenoxy) is 4. The van der Waals surface area contributed by atoms with E-state index in [0.717, 1.165) is 27.9 Å². The van der Waals surface area contributed by atoms with Gasteiger partial charge in [-0.3, -0.25) is 14.4 Å². The zero-order valence-electron chi connectivity index (χ0n) is 12.2. The summed E-state index contributed by atoms with van der Waals surface area (Å²) in [4.78, 5) is 44.4. The number of aliphatic hydroxyl groups is 1. The molecule has 0 amide bonds. The zero-order valence-corrected chi connectivity index (χ0v) is 12.2. The highest BCUT2D eigenvalue weighted by molar-refractivity contribution is 5.80. The molecule has 1 N–H and O–H groups in total. The summed E-state index contributed by atoms with van der Waals surface area (Å²) in [5.74, 6) is -3.39. The Labute approximate surface area is 121 Å². The molecule has 0 saturated heterocycles. The van der Waals surface area contributed by atoms with Crippen LogP contribution in [0, 0.1) is 0 Å². The zero-order chi connectivity index (χ0) is 16.6. The number of rotatable bonds is 7. The van der Waals surface area contributed by atoms with Crippen molar-refractivity contribution in [3.8, 4) is 0 Å². The van der Waals surface area contributed by atoms with E-state index in [-0.39, 0.29) is 0 Å². The molecule has 0 bridgehead atoms. The molecule has 0 aromatic rings. The van der Waals surface area contributed by atoms with E-state index in [2.05, 4.69) is 9.47 Å². The molecular weight excluding hydrogens is 288 g/mol. The molecule has 0 aliphatic heterocycles. The van der Waals surface area contributed by atoms with Crippen LogP contribution in [0.2, 0.25) is 0 Å². The van der Waals surface area contributed by atoms with Gasteiger partial charge in [-0.1, -0.05) is 0 Å². The molecule has 0 heterocycles. The lowest BCUT2D eigenvalue weighted by molar-refractivity contribution is -0.190. The molecule has 21 heavy (non-hydrogen) atoms. The largest absolute Gasteiger partial charge is 0.466 e. The van der Waals surface area contributed by atoms with Crippen LogP contribution in [0.5, 0.6) is 0 Å². The van der Waals surface area contributed by atoms with Crippen LogP contribution in [-0.4, -0.2) is 61.0 Å². The van der Waals surface area contributed by atoms with Crippen molar-refractivity contribution in [2.24, 2.45) is 0 Å². The first-order valence-electron chi connectivity index (χ1n) is 5.92. The van der Waals surface area contributed by atoms with Gasteiger partial charge in [-0.2, -0.15) is 0 Å². The average molecular weight is 306 g/mol. The van der Waals surface area contributed by atoms with Gasteiger partial charge in [0.25, 0.3) is 0 Å². The first-order valence-corrected chi connectivity index (χ1v) is 5.92. The summed E-state index contributed by atoms with van der Waals surface area (Å²) in [6.45, 7) is 2.62. The van der Waals surface area contributed by atoms with Crippen molar-refractivity contribution >= 4 is 23.9 Å². The Kier molecular flexibility index (Phi) is 7.99. The van der Waals surface area contributed by atoms with Crippen LogP contribution in [0.4, 0.5) is 0 Å². The normalized spacial score (nSPS) is 14.3. The third-order valence-corrected chi connectivity index (χ3v) is 2.16. The quantitative estimate of drug-likeness (QED) is 0.463. The highest BCUT2D eigenvalue weighted by Gasteiger charge is 2.40. The number of aliphatic hydroxyl groups excluding tert-OH is 1. The van der Waals surface area contributed by atoms with Crippen molar-refractivity contribution < 1.29 is 43.2 Å².